The number of hydrogen-bond donors (Lipinski definition) is 1. The van der Waals surface area contributed by atoms with Gasteiger partial charge in [-0.25, -0.2) is 4.39 Å². The number of nitrogens with one attached hydrogen (secondary N) is 1. The molecular formula is C26H42FN3. The lowest BCUT2D eigenvalue weighted by Gasteiger charge is -2.36. The second kappa shape index (κ2) is 12.2. The fraction of sp³-hybridized carbons (Fsp3) is 0.577. The Bertz CT molecular complexity index is 764. The Kier molecular flexibility index (Phi) is 10.6. The van der Waals surface area contributed by atoms with Crippen molar-refractivity contribution >= 4 is 18.0 Å². The van der Waals surface area contributed by atoms with Gasteiger partial charge in [-0.1, -0.05) is 39.8 Å². The number of hydrogen-bond acceptors (Lipinski definition) is 3. The third-order valence-electron chi connectivity index (χ3n) is 5.96. The molecule has 0 aromatic heterocycles. The van der Waals surface area contributed by atoms with Crippen LogP contribution in [-0.4, -0.2) is 44.3 Å². The Labute approximate surface area is 184 Å². The summed E-state index contributed by atoms with van der Waals surface area (Å²) in [5.41, 5.74) is 5.35. The number of aliphatic imine (C=N–C) groups is 1. The van der Waals surface area contributed by atoms with Crippen LogP contribution in [0.15, 0.2) is 34.9 Å². The number of nitrogens with zero attached hydrogens (tertiary/aromatic N) is 2. The maximum absolute atomic E-state index is 14.7. The van der Waals surface area contributed by atoms with Crippen molar-refractivity contribution in [1.29, 1.82) is 0 Å². The number of aryl methyl sites for hydroxylation is 1. The molecule has 1 N–H and O–H groups in total. The molecular weight excluding hydrogens is 373 g/mol. The molecule has 0 heterocycles. The van der Waals surface area contributed by atoms with E-state index in [4.69, 9.17) is 0 Å². The van der Waals surface area contributed by atoms with Gasteiger partial charge in [-0.15, -0.1) is 0 Å². The molecule has 0 aliphatic carbocycles. The second-order valence-electron chi connectivity index (χ2n) is 8.83. The van der Waals surface area contributed by atoms with E-state index in [1.807, 2.05) is 20.9 Å². The molecule has 0 radical (unpaired) electrons. The maximum atomic E-state index is 14.7. The molecule has 2 atom stereocenters. The SMILES string of the molecule is C=Nc1c(F)cc(CC)cc1/C(C)=C(/C(=C)C)C(C)C(C)N(CCNC)CC(C)C. The van der Waals surface area contributed by atoms with E-state index in [-0.39, 0.29) is 11.7 Å². The first-order valence-electron chi connectivity index (χ1n) is 11.1. The number of halogens is 1. The van der Waals surface area contributed by atoms with Crippen LogP contribution >= 0.6 is 0 Å². The minimum atomic E-state index is -0.309. The van der Waals surface area contributed by atoms with Crippen LogP contribution in [0.5, 0.6) is 0 Å². The van der Waals surface area contributed by atoms with Crippen LogP contribution in [0.25, 0.3) is 5.57 Å². The van der Waals surface area contributed by atoms with Gasteiger partial charge in [-0.3, -0.25) is 9.89 Å². The molecule has 0 aliphatic rings. The normalized spacial score (nSPS) is 14.6. The Morgan fingerprint density at radius 2 is 1.83 bits per heavy atom. The van der Waals surface area contributed by atoms with Gasteiger partial charge in [-0.05, 0) is 81.6 Å². The molecule has 4 heteroatoms. The van der Waals surface area contributed by atoms with Crippen LogP contribution in [0.4, 0.5) is 10.1 Å². The summed E-state index contributed by atoms with van der Waals surface area (Å²) in [4.78, 5) is 6.56. The van der Waals surface area contributed by atoms with Crippen molar-refractivity contribution in [2.24, 2.45) is 16.8 Å². The monoisotopic (exact) mass is 415 g/mol. The van der Waals surface area contributed by atoms with E-state index >= 15 is 0 Å². The fourth-order valence-electron chi connectivity index (χ4n) is 4.24. The van der Waals surface area contributed by atoms with E-state index in [1.54, 1.807) is 6.07 Å². The zero-order valence-corrected chi connectivity index (χ0v) is 20.4. The summed E-state index contributed by atoms with van der Waals surface area (Å²) in [5.74, 6) is 0.516. The van der Waals surface area contributed by atoms with Crippen molar-refractivity contribution in [2.45, 2.75) is 60.9 Å². The van der Waals surface area contributed by atoms with Crippen molar-refractivity contribution < 1.29 is 4.39 Å². The lowest BCUT2D eigenvalue weighted by Crippen LogP contribution is -2.43. The van der Waals surface area contributed by atoms with Gasteiger partial charge in [0.2, 0.25) is 0 Å². The van der Waals surface area contributed by atoms with Crippen LogP contribution in [0.3, 0.4) is 0 Å². The summed E-state index contributed by atoms with van der Waals surface area (Å²) >= 11 is 0. The van der Waals surface area contributed by atoms with E-state index < -0.39 is 0 Å². The molecule has 1 aromatic carbocycles. The Balaban J connectivity index is 3.51. The summed E-state index contributed by atoms with van der Waals surface area (Å²) in [6.45, 7) is 26.1. The zero-order chi connectivity index (χ0) is 23.0. The first kappa shape index (κ1) is 26.3. The number of benzene rings is 1. The van der Waals surface area contributed by atoms with Crippen molar-refractivity contribution in [3.05, 3.63) is 46.8 Å². The Hall–Kier alpha value is -1.78. The summed E-state index contributed by atoms with van der Waals surface area (Å²) in [5, 5.41) is 3.27. The van der Waals surface area contributed by atoms with Gasteiger partial charge in [0.15, 0.2) is 0 Å². The molecule has 0 aliphatic heterocycles. The first-order valence-corrected chi connectivity index (χ1v) is 11.1. The van der Waals surface area contributed by atoms with E-state index in [2.05, 4.69) is 69.2 Å². The molecule has 0 saturated carbocycles. The molecule has 1 aromatic rings. The van der Waals surface area contributed by atoms with Crippen LogP contribution in [-0.2, 0) is 6.42 Å². The Morgan fingerprint density at radius 1 is 1.20 bits per heavy atom. The number of rotatable bonds is 12. The highest BCUT2D eigenvalue weighted by Crippen LogP contribution is 2.37. The van der Waals surface area contributed by atoms with Crippen molar-refractivity contribution in [3.8, 4) is 0 Å². The predicted molar refractivity (Wildman–Crippen MR) is 131 cm³/mol. The lowest BCUT2D eigenvalue weighted by atomic mass is 9.83. The molecule has 0 amide bonds. The third-order valence-corrected chi connectivity index (χ3v) is 5.96. The summed E-state index contributed by atoms with van der Waals surface area (Å²) in [6, 6.07) is 3.94. The van der Waals surface area contributed by atoms with Gasteiger partial charge in [0, 0.05) is 31.2 Å². The molecule has 1 rings (SSSR count). The van der Waals surface area contributed by atoms with Crippen LogP contribution in [0.2, 0.25) is 0 Å². The number of allylic oxidation sites excluding steroid dienone is 2. The largest absolute Gasteiger partial charge is 0.318 e. The van der Waals surface area contributed by atoms with Crippen LogP contribution in [0.1, 0.15) is 59.6 Å². The fourth-order valence-corrected chi connectivity index (χ4v) is 4.24. The van der Waals surface area contributed by atoms with Gasteiger partial charge in [-0.2, -0.15) is 0 Å². The summed E-state index contributed by atoms with van der Waals surface area (Å²) in [7, 11) is 1.99. The first-order chi connectivity index (χ1) is 14.1. The van der Waals surface area contributed by atoms with Gasteiger partial charge >= 0.3 is 0 Å². The molecule has 3 nitrogen and oxygen atoms in total. The van der Waals surface area contributed by atoms with Crippen molar-refractivity contribution in [3.63, 3.8) is 0 Å². The van der Waals surface area contributed by atoms with E-state index in [0.29, 0.717) is 17.6 Å². The van der Waals surface area contributed by atoms with Crippen LogP contribution < -0.4 is 5.32 Å². The maximum Gasteiger partial charge on any atom is 0.149 e. The quantitative estimate of drug-likeness (QED) is 0.322. The van der Waals surface area contributed by atoms with E-state index in [0.717, 1.165) is 48.3 Å². The number of likely N-dealkylation sites (N-methyl/N-ethyl adjacent to an activating group) is 1. The van der Waals surface area contributed by atoms with E-state index in [1.165, 1.54) is 5.57 Å². The van der Waals surface area contributed by atoms with Crippen LogP contribution in [0, 0.1) is 17.7 Å². The highest BCUT2D eigenvalue weighted by molar-refractivity contribution is 5.79. The molecule has 2 unspecified atom stereocenters. The molecule has 0 bridgehead atoms. The second-order valence-corrected chi connectivity index (χ2v) is 8.83. The molecule has 168 valence electrons. The Morgan fingerprint density at radius 3 is 2.30 bits per heavy atom. The van der Waals surface area contributed by atoms with E-state index in [9.17, 15) is 4.39 Å². The standard InChI is InChI=1S/C26H42FN3/c1-11-22-14-23(26(29-10)24(27)15-22)20(7)25(18(4)5)19(6)21(8)30(13-12-28-9)16-17(2)3/h14-15,17,19,21,28H,4,10-13,16H2,1-3,5-9H3/b25-20-. The van der Waals surface area contributed by atoms with Gasteiger partial charge in [0.05, 0.1) is 0 Å². The van der Waals surface area contributed by atoms with Crippen molar-refractivity contribution in [1.82, 2.24) is 10.2 Å². The van der Waals surface area contributed by atoms with Gasteiger partial charge < -0.3 is 5.32 Å². The predicted octanol–water partition coefficient (Wildman–Crippen LogP) is 6.27. The zero-order valence-electron chi connectivity index (χ0n) is 20.4. The summed E-state index contributed by atoms with van der Waals surface area (Å²) < 4.78 is 14.7. The average Bonchev–Trinajstić information content (AvgIpc) is 2.69. The third kappa shape index (κ3) is 6.61. The smallest absolute Gasteiger partial charge is 0.149 e. The molecule has 0 fully saturated rings. The van der Waals surface area contributed by atoms with Gasteiger partial charge in [0.25, 0.3) is 0 Å². The molecule has 0 saturated heterocycles. The highest BCUT2D eigenvalue weighted by atomic mass is 19.1. The molecule has 0 spiro atoms. The van der Waals surface area contributed by atoms with Crippen molar-refractivity contribution in [2.75, 3.05) is 26.7 Å². The molecule has 30 heavy (non-hydrogen) atoms. The topological polar surface area (TPSA) is 27.6 Å². The lowest BCUT2D eigenvalue weighted by molar-refractivity contribution is 0.158. The van der Waals surface area contributed by atoms with Gasteiger partial charge in [0.1, 0.15) is 11.5 Å². The minimum Gasteiger partial charge on any atom is -0.318 e. The average molecular weight is 416 g/mol. The minimum absolute atomic E-state index is 0.240. The summed E-state index contributed by atoms with van der Waals surface area (Å²) in [6.07, 6.45) is 0.773. The highest BCUT2D eigenvalue weighted by Gasteiger charge is 2.26.